The molecule has 0 aliphatic carbocycles. The van der Waals surface area contributed by atoms with Crippen molar-refractivity contribution in [1.82, 2.24) is 4.90 Å². The van der Waals surface area contributed by atoms with Crippen LogP contribution in [0.2, 0.25) is 0 Å². The summed E-state index contributed by atoms with van der Waals surface area (Å²) in [4.78, 5) is 2.33. The van der Waals surface area contributed by atoms with Crippen molar-refractivity contribution in [2.45, 2.75) is 156 Å². The van der Waals surface area contributed by atoms with Crippen LogP contribution >= 0.6 is 7.60 Å². The minimum atomic E-state index is -3.07. The van der Waals surface area contributed by atoms with Gasteiger partial charge in [0.05, 0.1) is 13.2 Å². The standard InChI is InChI=1S/C29H62NO3P/c1-5-9-13-15-17-19-21-23-27-32-34(31,29-30(25-11-7-3)26-12-8-4)33-28-24-22-20-18-16-14-10-6-2/h5-29H2,1-4H3. The molecule has 4 nitrogen and oxygen atoms in total. The Morgan fingerprint density at radius 2 is 0.794 bits per heavy atom. The number of hydrogen-bond acceptors (Lipinski definition) is 4. The van der Waals surface area contributed by atoms with E-state index in [1.54, 1.807) is 0 Å². The fourth-order valence-corrected chi connectivity index (χ4v) is 6.08. The van der Waals surface area contributed by atoms with Crippen LogP contribution < -0.4 is 0 Å². The molecule has 0 rings (SSSR count). The van der Waals surface area contributed by atoms with E-state index in [-0.39, 0.29) is 0 Å². The molecule has 0 N–H and O–H groups in total. The smallest absolute Gasteiger partial charge is 0.308 e. The van der Waals surface area contributed by atoms with E-state index in [0.717, 1.165) is 51.6 Å². The van der Waals surface area contributed by atoms with Crippen molar-refractivity contribution in [2.24, 2.45) is 0 Å². The topological polar surface area (TPSA) is 38.8 Å². The predicted molar refractivity (Wildman–Crippen MR) is 151 cm³/mol. The van der Waals surface area contributed by atoms with Gasteiger partial charge in [0, 0.05) is 0 Å². The van der Waals surface area contributed by atoms with Crippen molar-refractivity contribution in [3.8, 4) is 0 Å². The summed E-state index contributed by atoms with van der Waals surface area (Å²) in [6, 6.07) is 0. The second-order valence-electron chi connectivity index (χ2n) is 10.2. The maximum Gasteiger partial charge on any atom is 0.344 e. The summed E-state index contributed by atoms with van der Waals surface area (Å²) in [6.45, 7) is 12.1. The zero-order chi connectivity index (χ0) is 25.2. The fourth-order valence-electron chi connectivity index (χ4n) is 4.26. The van der Waals surface area contributed by atoms with Gasteiger partial charge in [-0.2, -0.15) is 0 Å². The molecule has 5 heteroatoms. The second-order valence-corrected chi connectivity index (χ2v) is 12.2. The van der Waals surface area contributed by atoms with Gasteiger partial charge < -0.3 is 9.05 Å². The van der Waals surface area contributed by atoms with Crippen molar-refractivity contribution in [3.63, 3.8) is 0 Å². The summed E-state index contributed by atoms with van der Waals surface area (Å²) in [5.74, 6) is 0. The lowest BCUT2D eigenvalue weighted by atomic mass is 10.1. The summed E-state index contributed by atoms with van der Waals surface area (Å²) in [6.07, 6.45) is 25.2. The summed E-state index contributed by atoms with van der Waals surface area (Å²) in [5, 5.41) is 0. The predicted octanol–water partition coefficient (Wildman–Crippen LogP) is 10.4. The quantitative estimate of drug-likeness (QED) is 0.0786. The zero-order valence-corrected chi connectivity index (χ0v) is 24.7. The first-order valence-corrected chi connectivity index (χ1v) is 16.9. The highest BCUT2D eigenvalue weighted by Gasteiger charge is 2.27. The lowest BCUT2D eigenvalue weighted by Crippen LogP contribution is -2.28. The van der Waals surface area contributed by atoms with E-state index in [4.69, 9.17) is 9.05 Å². The Kier molecular flexibility index (Phi) is 26.3. The van der Waals surface area contributed by atoms with Crippen molar-refractivity contribution in [3.05, 3.63) is 0 Å². The van der Waals surface area contributed by atoms with Crippen molar-refractivity contribution < 1.29 is 13.6 Å². The van der Waals surface area contributed by atoms with E-state index < -0.39 is 7.60 Å². The minimum absolute atomic E-state index is 0.459. The van der Waals surface area contributed by atoms with E-state index in [1.807, 2.05) is 0 Å². The summed E-state index contributed by atoms with van der Waals surface area (Å²) < 4.78 is 25.7. The largest absolute Gasteiger partial charge is 0.344 e. The lowest BCUT2D eigenvalue weighted by Gasteiger charge is -2.27. The summed E-state index contributed by atoms with van der Waals surface area (Å²) in [5.41, 5.74) is 0. The van der Waals surface area contributed by atoms with Gasteiger partial charge in [-0.25, -0.2) is 0 Å². The van der Waals surface area contributed by atoms with Crippen molar-refractivity contribution >= 4 is 7.60 Å². The molecule has 0 aromatic heterocycles. The number of rotatable bonds is 28. The molecule has 0 saturated carbocycles. The Bertz CT molecular complexity index is 413. The molecular formula is C29H62NO3P. The highest BCUT2D eigenvalue weighted by Crippen LogP contribution is 2.49. The van der Waals surface area contributed by atoms with Crippen LogP contribution in [-0.2, 0) is 13.6 Å². The van der Waals surface area contributed by atoms with Crippen LogP contribution in [-0.4, -0.2) is 37.5 Å². The Labute approximate surface area is 214 Å². The highest BCUT2D eigenvalue weighted by molar-refractivity contribution is 7.53. The third-order valence-electron chi connectivity index (χ3n) is 6.60. The first-order valence-electron chi connectivity index (χ1n) is 15.2. The van der Waals surface area contributed by atoms with E-state index in [2.05, 4.69) is 32.6 Å². The Morgan fingerprint density at radius 3 is 1.15 bits per heavy atom. The summed E-state index contributed by atoms with van der Waals surface area (Å²) >= 11 is 0. The van der Waals surface area contributed by atoms with Crippen LogP contribution in [0.15, 0.2) is 0 Å². The maximum atomic E-state index is 13.7. The van der Waals surface area contributed by atoms with Gasteiger partial charge in [-0.05, 0) is 38.8 Å². The number of unbranched alkanes of at least 4 members (excludes halogenated alkanes) is 16. The van der Waals surface area contributed by atoms with Gasteiger partial charge in [0.1, 0.15) is 6.29 Å². The lowest BCUT2D eigenvalue weighted by molar-refractivity contribution is 0.177. The molecule has 0 spiro atoms. The van der Waals surface area contributed by atoms with Gasteiger partial charge >= 0.3 is 7.60 Å². The van der Waals surface area contributed by atoms with Crippen LogP contribution in [0.25, 0.3) is 0 Å². The minimum Gasteiger partial charge on any atom is -0.308 e. The molecule has 0 aliphatic rings. The Hall–Kier alpha value is 0.110. The molecule has 34 heavy (non-hydrogen) atoms. The average Bonchev–Trinajstić information content (AvgIpc) is 2.83. The average molecular weight is 504 g/mol. The number of hydrogen-bond donors (Lipinski definition) is 0. The number of nitrogens with zero attached hydrogens (tertiary/aromatic N) is 1. The molecule has 0 radical (unpaired) electrons. The van der Waals surface area contributed by atoms with Crippen LogP contribution in [0.5, 0.6) is 0 Å². The molecule has 0 bridgehead atoms. The molecule has 0 fully saturated rings. The molecular weight excluding hydrogens is 441 g/mol. The molecule has 0 heterocycles. The van der Waals surface area contributed by atoms with Gasteiger partial charge in [0.25, 0.3) is 0 Å². The van der Waals surface area contributed by atoms with Crippen molar-refractivity contribution in [1.29, 1.82) is 0 Å². The molecule has 0 saturated heterocycles. The Morgan fingerprint density at radius 1 is 0.471 bits per heavy atom. The van der Waals surface area contributed by atoms with E-state index in [9.17, 15) is 4.57 Å². The Balaban J connectivity index is 4.43. The maximum absolute atomic E-state index is 13.7. The molecule has 0 amide bonds. The van der Waals surface area contributed by atoms with Gasteiger partial charge in [-0.15, -0.1) is 0 Å². The molecule has 206 valence electrons. The van der Waals surface area contributed by atoms with Crippen LogP contribution in [0.1, 0.15) is 156 Å². The van der Waals surface area contributed by atoms with E-state index in [1.165, 1.54) is 89.9 Å². The monoisotopic (exact) mass is 503 g/mol. The van der Waals surface area contributed by atoms with Crippen LogP contribution in [0.4, 0.5) is 0 Å². The highest BCUT2D eigenvalue weighted by atomic mass is 31.2. The van der Waals surface area contributed by atoms with Gasteiger partial charge in [0.2, 0.25) is 0 Å². The van der Waals surface area contributed by atoms with Crippen LogP contribution in [0.3, 0.4) is 0 Å². The molecule has 0 aromatic carbocycles. The first kappa shape index (κ1) is 34.1. The first-order chi connectivity index (χ1) is 16.6. The molecule has 0 atom stereocenters. The van der Waals surface area contributed by atoms with Gasteiger partial charge in [0.15, 0.2) is 0 Å². The van der Waals surface area contributed by atoms with Crippen molar-refractivity contribution in [2.75, 3.05) is 32.6 Å². The van der Waals surface area contributed by atoms with Crippen LogP contribution in [0, 0.1) is 0 Å². The molecule has 0 aliphatic heterocycles. The second kappa shape index (κ2) is 26.2. The fraction of sp³-hybridized carbons (Fsp3) is 1.00. The van der Waals surface area contributed by atoms with Gasteiger partial charge in [-0.3, -0.25) is 9.46 Å². The zero-order valence-electron chi connectivity index (χ0n) is 23.8. The molecule has 0 aromatic rings. The van der Waals surface area contributed by atoms with E-state index >= 15 is 0 Å². The third kappa shape index (κ3) is 22.6. The SMILES string of the molecule is CCCCCCCCCCOP(=O)(CN(CCCC)CCCC)OCCCCCCCCCC. The van der Waals surface area contributed by atoms with E-state index in [0.29, 0.717) is 19.5 Å². The summed E-state index contributed by atoms with van der Waals surface area (Å²) in [7, 11) is -3.07. The third-order valence-corrected chi connectivity index (χ3v) is 8.50. The molecule has 0 unspecified atom stereocenters. The normalized spacial score (nSPS) is 12.1. The van der Waals surface area contributed by atoms with Gasteiger partial charge in [-0.1, -0.05) is 130 Å².